The predicted molar refractivity (Wildman–Crippen MR) is 100 cm³/mol. The van der Waals surface area contributed by atoms with Crippen LogP contribution in [0.1, 0.15) is 62.1 Å². The summed E-state index contributed by atoms with van der Waals surface area (Å²) in [7, 11) is 0. The molecule has 2 atom stereocenters. The number of piperidine rings is 1. The Hall–Kier alpha value is -1.98. The Morgan fingerprint density at radius 3 is 1.88 bits per heavy atom. The van der Waals surface area contributed by atoms with Crippen LogP contribution in [0.4, 0.5) is 39.5 Å². The lowest BCUT2D eigenvalue weighted by molar-refractivity contribution is -0.148. The Bertz CT molecular complexity index is 754. The minimum Gasteiger partial charge on any atom is -0.481 e. The number of aliphatic carboxylic acids is 1. The number of halogens is 9. The fourth-order valence-electron chi connectivity index (χ4n) is 4.28. The van der Waals surface area contributed by atoms with Gasteiger partial charge < -0.3 is 5.11 Å². The lowest BCUT2D eigenvalue weighted by Gasteiger charge is -2.44. The maximum Gasteiger partial charge on any atom is 0.416 e. The summed E-state index contributed by atoms with van der Waals surface area (Å²) in [5, 5.41) is 9.08. The Kier molecular flexibility index (Phi) is 8.69. The number of hydrogen-bond acceptors (Lipinski definition) is 2. The van der Waals surface area contributed by atoms with E-state index in [4.69, 9.17) is 5.11 Å². The summed E-state index contributed by atoms with van der Waals surface area (Å²) in [6.45, 7) is 0.0457. The predicted octanol–water partition coefficient (Wildman–Crippen LogP) is 6.99. The van der Waals surface area contributed by atoms with Crippen molar-refractivity contribution in [2.75, 3.05) is 6.54 Å². The summed E-state index contributed by atoms with van der Waals surface area (Å²) in [4.78, 5) is 12.6. The van der Waals surface area contributed by atoms with Crippen LogP contribution in [-0.2, 0) is 11.0 Å². The Morgan fingerprint density at radius 2 is 1.45 bits per heavy atom. The van der Waals surface area contributed by atoms with Gasteiger partial charge in [-0.05, 0) is 55.8 Å². The zero-order valence-electron chi connectivity index (χ0n) is 17.4. The van der Waals surface area contributed by atoms with Gasteiger partial charge in [0.05, 0.1) is 5.56 Å². The average Bonchev–Trinajstić information content (AvgIpc) is 2.66. The van der Waals surface area contributed by atoms with Gasteiger partial charge in [0.25, 0.3) is 0 Å². The first-order valence-corrected chi connectivity index (χ1v) is 10.3. The van der Waals surface area contributed by atoms with Crippen LogP contribution in [0.15, 0.2) is 24.3 Å². The first kappa shape index (κ1) is 27.3. The van der Waals surface area contributed by atoms with Crippen LogP contribution in [0, 0.1) is 5.92 Å². The van der Waals surface area contributed by atoms with E-state index >= 15 is 0 Å². The molecule has 0 spiro atoms. The molecule has 0 radical (unpaired) electrons. The zero-order chi connectivity index (χ0) is 25.0. The van der Waals surface area contributed by atoms with Gasteiger partial charge in [-0.3, -0.25) is 9.69 Å². The van der Waals surface area contributed by atoms with Crippen molar-refractivity contribution in [3.8, 4) is 0 Å². The molecule has 1 aromatic carbocycles. The third-order valence-electron chi connectivity index (χ3n) is 5.83. The standard InChI is InChI=1S/C21H24F9NO2/c22-19(23,24)8-5-16(6-9-20(25,26)27)31-10-7-13(12-18(32)33)11-17(31)14-1-3-15(4-2-14)21(28,29)30/h1-4,13,16-17H,5-12H2,(H,32,33). The molecule has 1 heterocycles. The van der Waals surface area contributed by atoms with E-state index in [1.54, 1.807) is 0 Å². The zero-order valence-corrected chi connectivity index (χ0v) is 17.4. The van der Waals surface area contributed by atoms with E-state index in [-0.39, 0.29) is 25.8 Å². The number of carboxylic acids is 1. The summed E-state index contributed by atoms with van der Waals surface area (Å²) < 4.78 is 116. The third-order valence-corrected chi connectivity index (χ3v) is 5.83. The number of alkyl halides is 9. The molecule has 12 heteroatoms. The van der Waals surface area contributed by atoms with Crippen molar-refractivity contribution in [1.29, 1.82) is 0 Å². The van der Waals surface area contributed by atoms with Crippen LogP contribution in [0.2, 0.25) is 0 Å². The second-order valence-corrected chi connectivity index (χ2v) is 8.32. The molecule has 1 aliphatic heterocycles. The third kappa shape index (κ3) is 9.05. The summed E-state index contributed by atoms with van der Waals surface area (Å²) in [6.07, 6.45) is -17.5. The molecule has 3 nitrogen and oxygen atoms in total. The maximum absolute atomic E-state index is 12.9. The topological polar surface area (TPSA) is 40.5 Å². The van der Waals surface area contributed by atoms with Crippen LogP contribution in [0.3, 0.4) is 0 Å². The van der Waals surface area contributed by atoms with Gasteiger partial charge in [-0.1, -0.05) is 12.1 Å². The second kappa shape index (κ2) is 10.5. The van der Waals surface area contributed by atoms with Crippen molar-refractivity contribution in [2.24, 2.45) is 5.92 Å². The van der Waals surface area contributed by atoms with Gasteiger partial charge in [-0.25, -0.2) is 0 Å². The SMILES string of the molecule is O=C(O)CC1CCN(C(CCC(F)(F)F)CCC(F)(F)F)C(c2ccc(C(F)(F)F)cc2)C1. The van der Waals surface area contributed by atoms with Gasteiger partial charge in [0.15, 0.2) is 0 Å². The summed E-state index contributed by atoms with van der Waals surface area (Å²) >= 11 is 0. The van der Waals surface area contributed by atoms with E-state index in [9.17, 15) is 44.3 Å². The first-order chi connectivity index (χ1) is 15.0. The highest BCUT2D eigenvalue weighted by Gasteiger charge is 2.39. The van der Waals surface area contributed by atoms with E-state index in [1.165, 1.54) is 4.90 Å². The lowest BCUT2D eigenvalue weighted by Crippen LogP contribution is -2.45. The minimum atomic E-state index is -4.61. The smallest absolute Gasteiger partial charge is 0.416 e. The van der Waals surface area contributed by atoms with Gasteiger partial charge in [-0.2, -0.15) is 39.5 Å². The molecule has 2 unspecified atom stereocenters. The number of rotatable bonds is 8. The van der Waals surface area contributed by atoms with E-state index < -0.39 is 73.7 Å². The van der Waals surface area contributed by atoms with Crippen molar-refractivity contribution >= 4 is 5.97 Å². The van der Waals surface area contributed by atoms with Crippen molar-refractivity contribution < 1.29 is 49.4 Å². The number of carboxylic acid groups (broad SMARTS) is 1. The van der Waals surface area contributed by atoms with Gasteiger partial charge in [0.1, 0.15) is 0 Å². The molecule has 1 aromatic rings. The molecule has 188 valence electrons. The average molecular weight is 493 g/mol. The normalized spacial score (nSPS) is 20.9. The highest BCUT2D eigenvalue weighted by Crippen LogP contribution is 2.41. The van der Waals surface area contributed by atoms with Crippen molar-refractivity contribution in [3.63, 3.8) is 0 Å². The van der Waals surface area contributed by atoms with Crippen molar-refractivity contribution in [1.82, 2.24) is 4.90 Å². The number of likely N-dealkylation sites (tertiary alicyclic amines) is 1. The van der Waals surface area contributed by atoms with Crippen molar-refractivity contribution in [3.05, 3.63) is 35.4 Å². The molecule has 0 amide bonds. The van der Waals surface area contributed by atoms with Crippen LogP contribution >= 0.6 is 0 Å². The minimum absolute atomic E-state index is 0.0457. The van der Waals surface area contributed by atoms with Crippen molar-refractivity contribution in [2.45, 2.75) is 75.6 Å². The van der Waals surface area contributed by atoms with Crippen LogP contribution < -0.4 is 0 Å². The van der Waals surface area contributed by atoms with Crippen LogP contribution in [0.5, 0.6) is 0 Å². The van der Waals surface area contributed by atoms with E-state index in [2.05, 4.69) is 0 Å². The first-order valence-electron chi connectivity index (χ1n) is 10.3. The summed E-state index contributed by atoms with van der Waals surface area (Å²) in [5.41, 5.74) is -0.650. The monoisotopic (exact) mass is 493 g/mol. The highest BCUT2D eigenvalue weighted by molar-refractivity contribution is 5.67. The Labute approximate surface area is 184 Å². The molecule has 0 aromatic heterocycles. The van der Waals surface area contributed by atoms with Gasteiger partial charge >= 0.3 is 24.5 Å². The van der Waals surface area contributed by atoms with Gasteiger partial charge in [0, 0.05) is 31.3 Å². The molecule has 1 saturated heterocycles. The number of carbonyl (C=O) groups is 1. The van der Waals surface area contributed by atoms with E-state index in [0.29, 0.717) is 5.56 Å². The fraction of sp³-hybridized carbons (Fsp3) is 0.667. The largest absolute Gasteiger partial charge is 0.481 e. The lowest BCUT2D eigenvalue weighted by atomic mass is 9.83. The molecule has 33 heavy (non-hydrogen) atoms. The molecular formula is C21H24F9NO2. The van der Waals surface area contributed by atoms with E-state index in [1.807, 2.05) is 0 Å². The molecule has 2 rings (SSSR count). The highest BCUT2D eigenvalue weighted by atomic mass is 19.4. The maximum atomic E-state index is 12.9. The molecule has 1 N–H and O–H groups in total. The number of benzene rings is 1. The Balaban J connectivity index is 2.35. The second-order valence-electron chi connectivity index (χ2n) is 8.32. The molecule has 1 aliphatic rings. The number of hydrogen-bond donors (Lipinski definition) is 1. The summed E-state index contributed by atoms with van der Waals surface area (Å²) in [5.74, 6) is -1.51. The van der Waals surface area contributed by atoms with Crippen LogP contribution in [0.25, 0.3) is 0 Å². The van der Waals surface area contributed by atoms with Gasteiger partial charge in [-0.15, -0.1) is 0 Å². The quantitative estimate of drug-likeness (QED) is 0.397. The van der Waals surface area contributed by atoms with Crippen LogP contribution in [-0.4, -0.2) is 40.9 Å². The fourth-order valence-corrected chi connectivity index (χ4v) is 4.28. The molecule has 1 fully saturated rings. The molecule has 0 bridgehead atoms. The number of nitrogens with zero attached hydrogens (tertiary/aromatic N) is 1. The molecule has 0 aliphatic carbocycles. The Morgan fingerprint density at radius 1 is 0.939 bits per heavy atom. The molecular weight excluding hydrogens is 469 g/mol. The summed E-state index contributed by atoms with van der Waals surface area (Å²) in [6, 6.07) is 1.98. The van der Waals surface area contributed by atoms with E-state index in [0.717, 1.165) is 24.3 Å². The molecule has 0 saturated carbocycles. The van der Waals surface area contributed by atoms with Gasteiger partial charge in [0.2, 0.25) is 0 Å².